The second-order valence-corrected chi connectivity index (χ2v) is 4.45. The zero-order chi connectivity index (χ0) is 13.8. The molecule has 0 aromatic heterocycles. The maximum absolute atomic E-state index is 12.0. The van der Waals surface area contributed by atoms with Crippen molar-refractivity contribution in [3.8, 4) is 0 Å². The summed E-state index contributed by atoms with van der Waals surface area (Å²) in [5, 5.41) is 2.78. The lowest BCUT2D eigenvalue weighted by Gasteiger charge is -2.09. The molecule has 0 heterocycles. The second kappa shape index (κ2) is 5.54. The Balaban J connectivity index is 2.14. The van der Waals surface area contributed by atoms with Gasteiger partial charge in [-0.1, -0.05) is 24.3 Å². The maximum atomic E-state index is 12.0. The van der Waals surface area contributed by atoms with E-state index in [1.165, 1.54) is 0 Å². The molecular formula is C15H17N3O. The van der Waals surface area contributed by atoms with E-state index in [-0.39, 0.29) is 11.9 Å². The predicted octanol–water partition coefficient (Wildman–Crippen LogP) is 2.54. The third-order valence-electron chi connectivity index (χ3n) is 2.91. The van der Waals surface area contributed by atoms with E-state index in [0.29, 0.717) is 16.9 Å². The van der Waals surface area contributed by atoms with E-state index in [2.05, 4.69) is 5.32 Å². The fraction of sp³-hybridized carbons (Fsp3) is 0.133. The zero-order valence-corrected chi connectivity index (χ0v) is 10.8. The summed E-state index contributed by atoms with van der Waals surface area (Å²) in [7, 11) is 0. The summed E-state index contributed by atoms with van der Waals surface area (Å²) in [5.74, 6) is -0.186. The maximum Gasteiger partial charge on any atom is 0.255 e. The largest absolute Gasteiger partial charge is 0.397 e. The van der Waals surface area contributed by atoms with Crippen LogP contribution in [0.4, 0.5) is 11.4 Å². The van der Waals surface area contributed by atoms with Gasteiger partial charge in [0.25, 0.3) is 5.91 Å². The summed E-state index contributed by atoms with van der Waals surface area (Å²) >= 11 is 0. The van der Waals surface area contributed by atoms with Crippen molar-refractivity contribution in [1.29, 1.82) is 0 Å². The highest BCUT2D eigenvalue weighted by Gasteiger charge is 2.08. The molecule has 0 aliphatic carbocycles. The molecule has 0 bridgehead atoms. The van der Waals surface area contributed by atoms with Crippen molar-refractivity contribution in [3.63, 3.8) is 0 Å². The number of benzene rings is 2. The molecule has 0 saturated heterocycles. The summed E-state index contributed by atoms with van der Waals surface area (Å²) in [6.45, 7) is 1.90. The number of carbonyl (C=O) groups is 1. The SMILES string of the molecule is CC(N)c1ccc(C(=O)Nc2ccccc2N)cc1. The van der Waals surface area contributed by atoms with Crippen molar-refractivity contribution in [2.75, 3.05) is 11.1 Å². The number of hydrogen-bond donors (Lipinski definition) is 3. The molecule has 2 rings (SSSR count). The van der Waals surface area contributed by atoms with Gasteiger partial charge < -0.3 is 16.8 Å². The van der Waals surface area contributed by atoms with E-state index in [0.717, 1.165) is 5.56 Å². The number of para-hydroxylation sites is 2. The fourth-order valence-electron chi connectivity index (χ4n) is 1.74. The van der Waals surface area contributed by atoms with Crippen LogP contribution in [-0.4, -0.2) is 5.91 Å². The van der Waals surface area contributed by atoms with Gasteiger partial charge in [0.15, 0.2) is 0 Å². The Bertz CT molecular complexity index is 576. The summed E-state index contributed by atoms with van der Waals surface area (Å²) in [6.07, 6.45) is 0. The van der Waals surface area contributed by atoms with Gasteiger partial charge in [0, 0.05) is 11.6 Å². The first-order chi connectivity index (χ1) is 9.08. The molecule has 2 aromatic carbocycles. The van der Waals surface area contributed by atoms with Crippen molar-refractivity contribution >= 4 is 17.3 Å². The number of nitrogens with two attached hydrogens (primary N) is 2. The number of amides is 1. The Kier molecular flexibility index (Phi) is 3.82. The average Bonchev–Trinajstić information content (AvgIpc) is 2.41. The third-order valence-corrected chi connectivity index (χ3v) is 2.91. The topological polar surface area (TPSA) is 81.1 Å². The quantitative estimate of drug-likeness (QED) is 0.737. The average molecular weight is 255 g/mol. The molecule has 4 heteroatoms. The smallest absolute Gasteiger partial charge is 0.255 e. The highest BCUT2D eigenvalue weighted by atomic mass is 16.1. The van der Waals surface area contributed by atoms with Crippen molar-refractivity contribution in [1.82, 2.24) is 0 Å². The van der Waals surface area contributed by atoms with Crippen LogP contribution in [0.25, 0.3) is 0 Å². The molecule has 0 aliphatic rings. The Morgan fingerprint density at radius 3 is 2.32 bits per heavy atom. The van der Waals surface area contributed by atoms with Crippen LogP contribution in [0.15, 0.2) is 48.5 Å². The van der Waals surface area contributed by atoms with Gasteiger partial charge in [0.1, 0.15) is 0 Å². The highest BCUT2D eigenvalue weighted by molar-refractivity contribution is 6.05. The Morgan fingerprint density at radius 2 is 1.74 bits per heavy atom. The van der Waals surface area contributed by atoms with Crippen LogP contribution in [0.3, 0.4) is 0 Å². The van der Waals surface area contributed by atoms with Crippen molar-refractivity contribution < 1.29 is 4.79 Å². The van der Waals surface area contributed by atoms with Crippen molar-refractivity contribution in [2.24, 2.45) is 5.73 Å². The number of carbonyl (C=O) groups excluding carboxylic acids is 1. The van der Waals surface area contributed by atoms with Gasteiger partial charge in [-0.25, -0.2) is 0 Å². The minimum Gasteiger partial charge on any atom is -0.397 e. The Labute approximate surface area is 112 Å². The standard InChI is InChI=1S/C15H17N3O/c1-10(16)11-6-8-12(9-7-11)15(19)18-14-5-3-2-4-13(14)17/h2-10H,16-17H2,1H3,(H,18,19). The van der Waals surface area contributed by atoms with E-state index < -0.39 is 0 Å². The molecule has 0 saturated carbocycles. The zero-order valence-electron chi connectivity index (χ0n) is 10.8. The summed E-state index contributed by atoms with van der Waals surface area (Å²) < 4.78 is 0. The molecule has 1 amide bonds. The van der Waals surface area contributed by atoms with Crippen LogP contribution in [0, 0.1) is 0 Å². The third kappa shape index (κ3) is 3.11. The lowest BCUT2D eigenvalue weighted by molar-refractivity contribution is 0.102. The molecule has 19 heavy (non-hydrogen) atoms. The van der Waals surface area contributed by atoms with Gasteiger partial charge in [-0.15, -0.1) is 0 Å². The van der Waals surface area contributed by atoms with E-state index in [4.69, 9.17) is 11.5 Å². The Morgan fingerprint density at radius 1 is 1.11 bits per heavy atom. The summed E-state index contributed by atoms with van der Waals surface area (Å²) in [6, 6.07) is 14.3. The van der Waals surface area contributed by atoms with E-state index in [1.54, 1.807) is 24.3 Å². The van der Waals surface area contributed by atoms with Crippen LogP contribution in [-0.2, 0) is 0 Å². The molecule has 0 spiro atoms. The lowest BCUT2D eigenvalue weighted by atomic mass is 10.1. The molecule has 1 atom stereocenters. The first-order valence-electron chi connectivity index (χ1n) is 6.09. The molecule has 98 valence electrons. The lowest BCUT2D eigenvalue weighted by Crippen LogP contribution is -2.13. The normalized spacial score (nSPS) is 11.9. The summed E-state index contributed by atoms with van der Waals surface area (Å²) in [4.78, 5) is 12.0. The van der Waals surface area contributed by atoms with Gasteiger partial charge in [-0.2, -0.15) is 0 Å². The van der Waals surface area contributed by atoms with Crippen LogP contribution < -0.4 is 16.8 Å². The van der Waals surface area contributed by atoms with Gasteiger partial charge in [0.2, 0.25) is 0 Å². The van der Waals surface area contributed by atoms with Gasteiger partial charge in [0.05, 0.1) is 11.4 Å². The minimum absolute atomic E-state index is 0.0399. The second-order valence-electron chi connectivity index (χ2n) is 4.45. The number of anilines is 2. The highest BCUT2D eigenvalue weighted by Crippen LogP contribution is 2.18. The van der Waals surface area contributed by atoms with Crippen molar-refractivity contribution in [3.05, 3.63) is 59.7 Å². The molecule has 4 nitrogen and oxygen atoms in total. The van der Waals surface area contributed by atoms with Crippen LogP contribution in [0.2, 0.25) is 0 Å². The number of nitrogen functional groups attached to an aromatic ring is 1. The first-order valence-corrected chi connectivity index (χ1v) is 6.09. The number of rotatable bonds is 3. The Hall–Kier alpha value is -2.33. The van der Waals surface area contributed by atoms with Gasteiger partial charge >= 0.3 is 0 Å². The van der Waals surface area contributed by atoms with E-state index >= 15 is 0 Å². The molecule has 0 aliphatic heterocycles. The number of hydrogen-bond acceptors (Lipinski definition) is 3. The predicted molar refractivity (Wildman–Crippen MR) is 77.9 cm³/mol. The van der Waals surface area contributed by atoms with Crippen LogP contribution >= 0.6 is 0 Å². The van der Waals surface area contributed by atoms with Gasteiger partial charge in [-0.3, -0.25) is 4.79 Å². The molecular weight excluding hydrogens is 238 g/mol. The molecule has 0 radical (unpaired) electrons. The fourth-order valence-corrected chi connectivity index (χ4v) is 1.74. The van der Waals surface area contributed by atoms with E-state index in [1.807, 2.05) is 31.2 Å². The van der Waals surface area contributed by atoms with Crippen molar-refractivity contribution in [2.45, 2.75) is 13.0 Å². The van der Waals surface area contributed by atoms with Gasteiger partial charge in [-0.05, 0) is 36.8 Å². The summed E-state index contributed by atoms with van der Waals surface area (Å²) in [5.41, 5.74) is 14.3. The van der Waals surface area contributed by atoms with E-state index in [9.17, 15) is 4.79 Å². The first kappa shape index (κ1) is 13.1. The molecule has 5 N–H and O–H groups in total. The minimum atomic E-state index is -0.186. The molecule has 1 unspecified atom stereocenters. The van der Waals surface area contributed by atoms with Crippen LogP contribution in [0.5, 0.6) is 0 Å². The number of nitrogens with one attached hydrogen (secondary N) is 1. The monoisotopic (exact) mass is 255 g/mol. The molecule has 0 fully saturated rings. The molecule has 2 aromatic rings. The van der Waals surface area contributed by atoms with Crippen LogP contribution in [0.1, 0.15) is 28.9 Å².